The van der Waals surface area contributed by atoms with Gasteiger partial charge in [0, 0.05) is 18.0 Å². The molecule has 6 heteroatoms. The highest BCUT2D eigenvalue weighted by Gasteiger charge is 2.29. The lowest BCUT2D eigenvalue weighted by molar-refractivity contribution is -0.121. The summed E-state index contributed by atoms with van der Waals surface area (Å²) in [6.07, 6.45) is 4.41. The van der Waals surface area contributed by atoms with E-state index in [9.17, 15) is 4.79 Å². The van der Waals surface area contributed by atoms with E-state index in [1.54, 1.807) is 0 Å². The molecule has 1 rings (SSSR count). The predicted molar refractivity (Wildman–Crippen MR) is 66.1 cm³/mol. The Labute approximate surface area is 102 Å². The Kier molecular flexibility index (Phi) is 5.80. The third-order valence-electron chi connectivity index (χ3n) is 3.48. The van der Waals surface area contributed by atoms with E-state index in [1.165, 1.54) is 0 Å². The van der Waals surface area contributed by atoms with Gasteiger partial charge >= 0.3 is 0 Å². The topological polar surface area (TPSA) is 104 Å². The van der Waals surface area contributed by atoms with Crippen LogP contribution in [0.2, 0.25) is 0 Å². The normalized spacial score (nSPS) is 25.9. The molecule has 0 heterocycles. The molecule has 1 aliphatic rings. The van der Waals surface area contributed by atoms with E-state index in [0.29, 0.717) is 19.0 Å². The van der Waals surface area contributed by atoms with E-state index in [0.717, 1.165) is 31.6 Å². The van der Waals surface area contributed by atoms with Crippen molar-refractivity contribution in [3.63, 3.8) is 0 Å². The number of hydrogen-bond acceptors (Lipinski definition) is 3. The zero-order valence-electron chi connectivity index (χ0n) is 10.3. The van der Waals surface area contributed by atoms with Crippen LogP contribution in [0.3, 0.4) is 0 Å². The van der Waals surface area contributed by atoms with Crippen LogP contribution in [0.1, 0.15) is 32.6 Å². The number of carbonyl (C=O) groups is 1. The van der Waals surface area contributed by atoms with Gasteiger partial charge in [-0.2, -0.15) is 0 Å². The molecule has 0 bridgehead atoms. The first-order valence-corrected chi connectivity index (χ1v) is 6.18. The molecule has 17 heavy (non-hydrogen) atoms. The number of hydrogen-bond donors (Lipinski definition) is 2. The monoisotopic (exact) mass is 239 g/mol. The van der Waals surface area contributed by atoms with Crippen molar-refractivity contribution in [1.29, 1.82) is 0 Å². The molecule has 6 nitrogen and oxygen atoms in total. The summed E-state index contributed by atoms with van der Waals surface area (Å²) >= 11 is 0. The van der Waals surface area contributed by atoms with Gasteiger partial charge in [0.2, 0.25) is 5.91 Å². The number of amides is 1. The predicted octanol–water partition coefficient (Wildman–Crippen LogP) is 1.57. The van der Waals surface area contributed by atoms with Crippen LogP contribution in [0.5, 0.6) is 0 Å². The zero-order chi connectivity index (χ0) is 12.7. The van der Waals surface area contributed by atoms with Gasteiger partial charge in [0.1, 0.15) is 0 Å². The van der Waals surface area contributed by atoms with Gasteiger partial charge in [-0.1, -0.05) is 24.9 Å². The number of nitrogens with zero attached hydrogens (tertiary/aromatic N) is 3. The van der Waals surface area contributed by atoms with Crippen molar-refractivity contribution >= 4 is 5.91 Å². The maximum atomic E-state index is 11.4. The van der Waals surface area contributed by atoms with Gasteiger partial charge in [-0.25, -0.2) is 0 Å². The first kappa shape index (κ1) is 13.8. The fraction of sp³-hybridized carbons (Fsp3) is 0.909. The van der Waals surface area contributed by atoms with Crippen LogP contribution in [-0.2, 0) is 4.79 Å². The third kappa shape index (κ3) is 4.63. The Hall–Kier alpha value is -1.26. The average molecular weight is 239 g/mol. The molecule has 0 saturated heterocycles. The average Bonchev–Trinajstić information content (AvgIpc) is 2.30. The third-order valence-corrected chi connectivity index (χ3v) is 3.48. The Morgan fingerprint density at radius 2 is 2.18 bits per heavy atom. The van der Waals surface area contributed by atoms with Gasteiger partial charge in [-0.3, -0.25) is 4.79 Å². The lowest BCUT2D eigenvalue weighted by atomic mass is 9.79. The van der Waals surface area contributed by atoms with Crippen LogP contribution < -0.4 is 11.1 Å². The first-order chi connectivity index (χ1) is 8.15. The lowest BCUT2D eigenvalue weighted by Crippen LogP contribution is -2.48. The van der Waals surface area contributed by atoms with E-state index in [1.807, 2.05) is 0 Å². The van der Waals surface area contributed by atoms with E-state index in [-0.39, 0.29) is 11.9 Å². The molecule has 96 valence electrons. The van der Waals surface area contributed by atoms with Crippen molar-refractivity contribution in [2.24, 2.45) is 22.7 Å². The molecule has 1 saturated carbocycles. The van der Waals surface area contributed by atoms with Crippen LogP contribution in [0, 0.1) is 11.8 Å². The quantitative estimate of drug-likeness (QED) is 0.318. The fourth-order valence-corrected chi connectivity index (χ4v) is 2.43. The second-order valence-electron chi connectivity index (χ2n) is 4.81. The van der Waals surface area contributed by atoms with Crippen LogP contribution in [-0.4, -0.2) is 25.0 Å². The molecule has 1 amide bonds. The minimum Gasteiger partial charge on any atom is -0.368 e. The SMILES string of the molecule is CC1CCC(C(NCCN=[N+]=[N-])C(N)=O)CC1. The van der Waals surface area contributed by atoms with Gasteiger partial charge < -0.3 is 11.1 Å². The molecule has 0 aromatic rings. The summed E-state index contributed by atoms with van der Waals surface area (Å²) in [6, 6.07) is -0.281. The lowest BCUT2D eigenvalue weighted by Gasteiger charge is -2.31. The number of nitrogens with two attached hydrogens (primary N) is 1. The van der Waals surface area contributed by atoms with Crippen LogP contribution in [0.15, 0.2) is 5.11 Å². The molecule has 0 spiro atoms. The molecule has 1 aliphatic carbocycles. The molecule has 0 aliphatic heterocycles. The number of rotatable bonds is 6. The molecular formula is C11H21N5O. The Morgan fingerprint density at radius 3 is 2.71 bits per heavy atom. The fourth-order valence-electron chi connectivity index (χ4n) is 2.43. The molecular weight excluding hydrogens is 218 g/mol. The van der Waals surface area contributed by atoms with Crippen molar-refractivity contribution in [2.75, 3.05) is 13.1 Å². The number of carbonyl (C=O) groups excluding carboxylic acids is 1. The highest BCUT2D eigenvalue weighted by Crippen LogP contribution is 2.30. The van der Waals surface area contributed by atoms with E-state index < -0.39 is 0 Å². The molecule has 0 aromatic heterocycles. The van der Waals surface area contributed by atoms with Crippen LogP contribution in [0.25, 0.3) is 10.4 Å². The summed E-state index contributed by atoms with van der Waals surface area (Å²) in [7, 11) is 0. The Balaban J connectivity index is 2.42. The van der Waals surface area contributed by atoms with E-state index >= 15 is 0 Å². The Morgan fingerprint density at radius 1 is 1.53 bits per heavy atom. The zero-order valence-corrected chi connectivity index (χ0v) is 10.3. The summed E-state index contributed by atoms with van der Waals surface area (Å²) in [5.41, 5.74) is 13.6. The molecule has 0 aromatic carbocycles. The summed E-state index contributed by atoms with van der Waals surface area (Å²) in [5, 5.41) is 6.53. The summed E-state index contributed by atoms with van der Waals surface area (Å²) in [4.78, 5) is 14.1. The van der Waals surface area contributed by atoms with Gasteiger partial charge in [-0.05, 0) is 30.2 Å². The molecule has 0 radical (unpaired) electrons. The summed E-state index contributed by atoms with van der Waals surface area (Å²) < 4.78 is 0. The number of nitrogens with one attached hydrogen (secondary N) is 1. The minimum absolute atomic E-state index is 0.281. The Bertz CT molecular complexity index is 292. The first-order valence-electron chi connectivity index (χ1n) is 6.18. The van der Waals surface area contributed by atoms with Gasteiger partial charge in [0.05, 0.1) is 6.04 Å². The van der Waals surface area contributed by atoms with E-state index in [2.05, 4.69) is 22.3 Å². The molecule has 3 N–H and O–H groups in total. The smallest absolute Gasteiger partial charge is 0.234 e. The van der Waals surface area contributed by atoms with Crippen molar-refractivity contribution in [2.45, 2.75) is 38.6 Å². The van der Waals surface area contributed by atoms with Crippen molar-refractivity contribution in [3.8, 4) is 0 Å². The van der Waals surface area contributed by atoms with Gasteiger partial charge in [0.15, 0.2) is 0 Å². The molecule has 1 fully saturated rings. The maximum Gasteiger partial charge on any atom is 0.234 e. The maximum absolute atomic E-state index is 11.4. The van der Waals surface area contributed by atoms with E-state index in [4.69, 9.17) is 11.3 Å². The number of azide groups is 1. The molecule has 1 atom stereocenters. The van der Waals surface area contributed by atoms with Gasteiger partial charge in [0.25, 0.3) is 0 Å². The minimum atomic E-state index is -0.300. The molecule has 1 unspecified atom stereocenters. The highest BCUT2D eigenvalue weighted by atomic mass is 16.1. The second-order valence-corrected chi connectivity index (χ2v) is 4.81. The van der Waals surface area contributed by atoms with Crippen LogP contribution >= 0.6 is 0 Å². The van der Waals surface area contributed by atoms with Crippen molar-refractivity contribution < 1.29 is 4.79 Å². The largest absolute Gasteiger partial charge is 0.368 e. The number of primary amides is 1. The highest BCUT2D eigenvalue weighted by molar-refractivity contribution is 5.80. The van der Waals surface area contributed by atoms with Gasteiger partial charge in [-0.15, -0.1) is 0 Å². The summed E-state index contributed by atoms with van der Waals surface area (Å²) in [5.74, 6) is 0.781. The second kappa shape index (κ2) is 7.14. The van der Waals surface area contributed by atoms with Crippen molar-refractivity contribution in [3.05, 3.63) is 10.4 Å². The van der Waals surface area contributed by atoms with Crippen LogP contribution in [0.4, 0.5) is 0 Å². The standard InChI is InChI=1S/C11H21N5O/c1-8-2-4-9(5-3-8)10(11(12)17)14-6-7-15-16-13/h8-10,14H,2-7H2,1H3,(H2,12,17). The summed E-state index contributed by atoms with van der Waals surface area (Å²) in [6.45, 7) is 3.09. The van der Waals surface area contributed by atoms with Crippen molar-refractivity contribution in [1.82, 2.24) is 5.32 Å².